The summed E-state index contributed by atoms with van der Waals surface area (Å²) >= 11 is 5.02. The second kappa shape index (κ2) is 5.08. The normalized spacial score (nSPS) is 18.3. The van der Waals surface area contributed by atoms with Crippen LogP contribution < -0.4 is 0 Å². The Morgan fingerprint density at radius 3 is 2.71 bits per heavy atom. The van der Waals surface area contributed by atoms with Gasteiger partial charge in [0.2, 0.25) is 0 Å². The van der Waals surface area contributed by atoms with E-state index in [2.05, 4.69) is 15.9 Å². The molecule has 1 N–H and O–H groups in total. The largest absolute Gasteiger partial charge is 0.380 e. The van der Waals surface area contributed by atoms with E-state index in [4.69, 9.17) is 0 Å². The van der Waals surface area contributed by atoms with E-state index in [0.29, 0.717) is 19.4 Å². The molecule has 0 unspecified atom stereocenters. The van der Waals surface area contributed by atoms with Gasteiger partial charge in [-0.3, -0.25) is 4.79 Å². The Hall–Kier alpha value is -0.390. The van der Waals surface area contributed by atoms with Gasteiger partial charge in [0.25, 0.3) is 5.91 Å². The second-order valence-electron chi connectivity index (χ2n) is 4.61. The summed E-state index contributed by atoms with van der Waals surface area (Å²) in [4.78, 5) is 14.9. The van der Waals surface area contributed by atoms with Crippen LogP contribution in [0.15, 0.2) is 15.9 Å². The lowest BCUT2D eigenvalue weighted by Crippen LogP contribution is -2.45. The molecule has 0 aliphatic heterocycles. The van der Waals surface area contributed by atoms with Crippen LogP contribution in [0.4, 0.5) is 0 Å². The van der Waals surface area contributed by atoms with E-state index in [-0.39, 0.29) is 5.91 Å². The summed E-state index contributed by atoms with van der Waals surface area (Å²) in [5, 5.41) is 10.2. The van der Waals surface area contributed by atoms with Crippen LogP contribution in [0, 0.1) is 0 Å². The number of likely N-dealkylation sites (N-methyl/N-ethyl adjacent to an activating group) is 1. The highest BCUT2D eigenvalue weighted by molar-refractivity contribution is 9.11. The molecule has 2 rings (SSSR count). The summed E-state index contributed by atoms with van der Waals surface area (Å²) in [6.07, 6.45) is 3.09. The van der Waals surface area contributed by atoms with Crippen molar-refractivity contribution in [1.29, 1.82) is 0 Å². The molecule has 0 spiro atoms. The number of aliphatic hydroxyl groups is 1. The zero-order valence-corrected chi connectivity index (χ0v) is 12.2. The van der Waals surface area contributed by atoms with Crippen LogP contribution in [0.3, 0.4) is 0 Å². The molecule has 1 fully saturated rings. The molecule has 0 aromatic carbocycles. The molecule has 1 heterocycles. The first-order chi connectivity index (χ1) is 8.01. The summed E-state index contributed by atoms with van der Waals surface area (Å²) in [5.74, 6) is -0.139. The van der Waals surface area contributed by atoms with Crippen molar-refractivity contribution < 1.29 is 9.90 Å². The monoisotopic (exact) mass is 317 g/mol. The van der Waals surface area contributed by atoms with Crippen molar-refractivity contribution in [2.75, 3.05) is 7.05 Å². The van der Waals surface area contributed by atoms with Gasteiger partial charge in [0.05, 0.1) is 10.3 Å². The highest BCUT2D eigenvalue weighted by atomic mass is 79.9. The van der Waals surface area contributed by atoms with E-state index in [9.17, 15) is 9.90 Å². The number of carbonyl (C=O) groups is 1. The number of halogens is 1. The van der Waals surface area contributed by atoms with Gasteiger partial charge >= 0.3 is 0 Å². The molecular weight excluding hydrogens is 302 g/mol. The molecule has 17 heavy (non-hydrogen) atoms. The molecule has 1 saturated carbocycles. The van der Waals surface area contributed by atoms with Crippen LogP contribution in [0.25, 0.3) is 0 Å². The van der Waals surface area contributed by atoms with Gasteiger partial charge in [-0.1, -0.05) is 0 Å². The highest BCUT2D eigenvalue weighted by Crippen LogP contribution is 2.31. The predicted molar refractivity (Wildman–Crippen MR) is 71.9 cm³/mol. The lowest BCUT2D eigenvalue weighted by molar-refractivity contribution is -0.149. The molecule has 1 aromatic rings. The van der Waals surface area contributed by atoms with E-state index >= 15 is 0 Å². The average molecular weight is 318 g/mol. The molecule has 5 heteroatoms. The molecule has 1 aliphatic carbocycles. The third-order valence-electron chi connectivity index (χ3n) is 3.20. The van der Waals surface area contributed by atoms with E-state index in [0.717, 1.165) is 21.5 Å². The summed E-state index contributed by atoms with van der Waals surface area (Å²) in [6.45, 7) is 0.567. The average Bonchev–Trinajstić information content (AvgIpc) is 2.88. The van der Waals surface area contributed by atoms with Gasteiger partial charge in [-0.05, 0) is 53.7 Å². The molecule has 0 bridgehead atoms. The molecule has 1 aliphatic rings. The zero-order valence-electron chi connectivity index (χ0n) is 9.78. The van der Waals surface area contributed by atoms with Crippen LogP contribution >= 0.6 is 27.3 Å². The summed E-state index contributed by atoms with van der Waals surface area (Å²) in [7, 11) is 1.76. The standard InChI is InChI=1S/C12H16BrNO2S/c1-14(8-9-4-5-10(13)17-9)11(15)12(16)6-2-3-7-12/h4-5,16H,2-3,6-8H2,1H3. The van der Waals surface area contributed by atoms with E-state index in [1.54, 1.807) is 23.3 Å². The van der Waals surface area contributed by atoms with Gasteiger partial charge in [0, 0.05) is 11.9 Å². The van der Waals surface area contributed by atoms with Gasteiger partial charge in [-0.2, -0.15) is 0 Å². The maximum atomic E-state index is 12.1. The van der Waals surface area contributed by atoms with Gasteiger partial charge < -0.3 is 10.0 Å². The molecule has 94 valence electrons. The smallest absolute Gasteiger partial charge is 0.254 e. The van der Waals surface area contributed by atoms with Crippen molar-refractivity contribution >= 4 is 33.2 Å². The number of nitrogens with zero attached hydrogens (tertiary/aromatic N) is 1. The Balaban J connectivity index is 2.00. The molecule has 1 aromatic heterocycles. The molecule has 1 amide bonds. The van der Waals surface area contributed by atoms with Gasteiger partial charge in [0.1, 0.15) is 5.60 Å². The van der Waals surface area contributed by atoms with Crippen molar-refractivity contribution in [1.82, 2.24) is 4.90 Å². The number of hydrogen-bond acceptors (Lipinski definition) is 3. The minimum Gasteiger partial charge on any atom is -0.380 e. The first-order valence-electron chi connectivity index (χ1n) is 5.73. The van der Waals surface area contributed by atoms with E-state index < -0.39 is 5.60 Å². The number of amides is 1. The minimum atomic E-state index is -1.11. The zero-order chi connectivity index (χ0) is 12.5. The first kappa shape index (κ1) is 13.1. The number of carbonyl (C=O) groups excluding carboxylic acids is 1. The van der Waals surface area contributed by atoms with Crippen molar-refractivity contribution in [3.05, 3.63) is 20.8 Å². The van der Waals surface area contributed by atoms with Crippen LogP contribution in [0.5, 0.6) is 0 Å². The molecular formula is C12H16BrNO2S. The van der Waals surface area contributed by atoms with Gasteiger partial charge in [-0.25, -0.2) is 0 Å². The lowest BCUT2D eigenvalue weighted by Gasteiger charge is -2.27. The topological polar surface area (TPSA) is 40.5 Å². The number of rotatable bonds is 3. The minimum absolute atomic E-state index is 0.139. The molecule has 3 nitrogen and oxygen atoms in total. The van der Waals surface area contributed by atoms with E-state index in [1.807, 2.05) is 12.1 Å². The first-order valence-corrected chi connectivity index (χ1v) is 7.34. The maximum Gasteiger partial charge on any atom is 0.254 e. The Labute approximate surface area is 114 Å². The number of hydrogen-bond donors (Lipinski definition) is 1. The third-order valence-corrected chi connectivity index (χ3v) is 4.81. The highest BCUT2D eigenvalue weighted by Gasteiger charge is 2.40. The predicted octanol–water partition coefficient (Wildman–Crippen LogP) is 2.77. The quantitative estimate of drug-likeness (QED) is 0.931. The molecule has 0 radical (unpaired) electrons. The maximum absolute atomic E-state index is 12.1. The Morgan fingerprint density at radius 2 is 2.18 bits per heavy atom. The molecule has 0 atom stereocenters. The second-order valence-corrected chi connectivity index (χ2v) is 7.15. The fourth-order valence-corrected chi connectivity index (χ4v) is 3.81. The van der Waals surface area contributed by atoms with Crippen LogP contribution in [0.2, 0.25) is 0 Å². The van der Waals surface area contributed by atoms with Crippen LogP contribution in [0.1, 0.15) is 30.6 Å². The third kappa shape index (κ3) is 2.89. The fraction of sp³-hybridized carbons (Fsp3) is 0.583. The molecule has 0 saturated heterocycles. The van der Waals surface area contributed by atoms with Crippen LogP contribution in [-0.2, 0) is 11.3 Å². The summed E-state index contributed by atoms with van der Waals surface area (Å²) in [5.41, 5.74) is -1.11. The van der Waals surface area contributed by atoms with Gasteiger partial charge in [-0.15, -0.1) is 11.3 Å². The Bertz CT molecular complexity index is 412. The van der Waals surface area contributed by atoms with Crippen molar-refractivity contribution in [2.45, 2.75) is 37.8 Å². The Kier molecular flexibility index (Phi) is 3.90. The van der Waals surface area contributed by atoms with Crippen molar-refractivity contribution in [3.63, 3.8) is 0 Å². The van der Waals surface area contributed by atoms with Crippen LogP contribution in [-0.4, -0.2) is 28.6 Å². The van der Waals surface area contributed by atoms with Crippen molar-refractivity contribution in [2.24, 2.45) is 0 Å². The SMILES string of the molecule is CN(Cc1ccc(Br)s1)C(=O)C1(O)CCCC1. The van der Waals surface area contributed by atoms with Crippen molar-refractivity contribution in [3.8, 4) is 0 Å². The summed E-state index contributed by atoms with van der Waals surface area (Å²) < 4.78 is 1.06. The van der Waals surface area contributed by atoms with Gasteiger partial charge in [0.15, 0.2) is 0 Å². The number of thiophene rings is 1. The lowest BCUT2D eigenvalue weighted by atomic mass is 10.0. The Morgan fingerprint density at radius 1 is 1.53 bits per heavy atom. The fourth-order valence-electron chi connectivity index (χ4n) is 2.27. The van der Waals surface area contributed by atoms with E-state index in [1.165, 1.54) is 0 Å². The summed E-state index contributed by atoms with van der Waals surface area (Å²) in [6, 6.07) is 3.97.